The molecule has 0 aromatic heterocycles. The van der Waals surface area contributed by atoms with Crippen LogP contribution in [0.25, 0.3) is 0 Å². The smallest absolute Gasteiger partial charge is 0.241 e. The van der Waals surface area contributed by atoms with Gasteiger partial charge in [-0.1, -0.05) is 24.3 Å². The maximum Gasteiger partial charge on any atom is 0.241 e. The van der Waals surface area contributed by atoms with Gasteiger partial charge in [-0.3, -0.25) is 20.2 Å². The summed E-state index contributed by atoms with van der Waals surface area (Å²) in [5, 5.41) is 6.78. The molecule has 2 heterocycles. The maximum absolute atomic E-state index is 12.4. The molecule has 2 N–H and O–H groups in total. The lowest BCUT2D eigenvalue weighted by atomic mass is 10.1. The zero-order valence-electron chi connectivity index (χ0n) is 23.3. The Hall–Kier alpha value is -3.36. The van der Waals surface area contributed by atoms with Gasteiger partial charge in [0, 0.05) is 14.1 Å². The van der Waals surface area contributed by atoms with E-state index < -0.39 is 0 Å². The Labute approximate surface area is 226 Å². The number of rotatable bonds is 10. The Morgan fingerprint density at radius 1 is 0.684 bits per heavy atom. The van der Waals surface area contributed by atoms with E-state index in [1.54, 1.807) is 9.80 Å². The van der Waals surface area contributed by atoms with E-state index in [1.165, 1.54) is 0 Å². The van der Waals surface area contributed by atoms with Crippen molar-refractivity contribution in [3.63, 3.8) is 0 Å². The average molecular weight is 521 g/mol. The highest BCUT2D eigenvalue weighted by molar-refractivity contribution is 5.85. The van der Waals surface area contributed by atoms with Crippen LogP contribution in [0.5, 0.6) is 11.5 Å². The Balaban J connectivity index is 1.15. The average Bonchev–Trinajstić information content (AvgIpc) is 3.20. The molecular formula is C30H40N4O4. The van der Waals surface area contributed by atoms with Crippen LogP contribution in [0.4, 0.5) is 0 Å². The van der Waals surface area contributed by atoms with E-state index in [2.05, 4.69) is 10.6 Å². The first-order chi connectivity index (χ1) is 18.0. The second-order valence-corrected chi connectivity index (χ2v) is 11.1. The molecule has 2 aromatic rings. The lowest BCUT2D eigenvalue weighted by Gasteiger charge is -2.27. The maximum atomic E-state index is 12.4. The van der Waals surface area contributed by atoms with Crippen LogP contribution in [0.2, 0.25) is 0 Å². The summed E-state index contributed by atoms with van der Waals surface area (Å²) in [6, 6.07) is 15.3. The van der Waals surface area contributed by atoms with E-state index in [-0.39, 0.29) is 35.2 Å². The summed E-state index contributed by atoms with van der Waals surface area (Å²) >= 11 is 0. The standard InChI is InChI=1S/C30H40N4O4/c1-29(2)31-25(27(35)33(29)5)19-21-9-13-23(14-10-21)37-17-7-8-18-38-24-15-11-22(12-16-24)20-26-28(36)34(6)30(3,4)32-26/h7-16,25-26,31-32H,17-20H2,1-6H3/b8-7+/t25-,26-/m0/s1. The predicted octanol–water partition coefficient (Wildman–Crippen LogP) is 3.12. The van der Waals surface area contributed by atoms with Crippen molar-refractivity contribution in [2.75, 3.05) is 27.3 Å². The van der Waals surface area contributed by atoms with Gasteiger partial charge in [-0.2, -0.15) is 0 Å². The molecule has 2 aliphatic heterocycles. The van der Waals surface area contributed by atoms with Gasteiger partial charge in [0.25, 0.3) is 0 Å². The minimum atomic E-state index is -0.326. The van der Waals surface area contributed by atoms with Gasteiger partial charge in [0.2, 0.25) is 11.8 Å². The summed E-state index contributed by atoms with van der Waals surface area (Å²) in [5.41, 5.74) is 1.53. The third-order valence-corrected chi connectivity index (χ3v) is 7.57. The van der Waals surface area contributed by atoms with Gasteiger partial charge in [-0.15, -0.1) is 0 Å². The van der Waals surface area contributed by atoms with Crippen molar-refractivity contribution < 1.29 is 19.1 Å². The number of benzene rings is 2. The summed E-state index contributed by atoms with van der Waals surface area (Å²) in [6.45, 7) is 8.92. The minimum absolute atomic E-state index is 0.119. The number of carbonyl (C=O) groups is 2. The molecule has 2 aromatic carbocycles. The van der Waals surface area contributed by atoms with E-state index >= 15 is 0 Å². The second-order valence-electron chi connectivity index (χ2n) is 11.1. The first-order valence-electron chi connectivity index (χ1n) is 13.2. The molecule has 0 unspecified atom stereocenters. The molecule has 4 rings (SSSR count). The summed E-state index contributed by atoms with van der Waals surface area (Å²) < 4.78 is 11.6. The molecule has 38 heavy (non-hydrogen) atoms. The number of carbonyl (C=O) groups excluding carboxylic acids is 2. The Bertz CT molecular complexity index is 1070. The highest BCUT2D eigenvalue weighted by Gasteiger charge is 2.42. The number of hydrogen-bond donors (Lipinski definition) is 2. The van der Waals surface area contributed by atoms with E-state index in [0.717, 1.165) is 22.6 Å². The van der Waals surface area contributed by atoms with Crippen molar-refractivity contribution in [3.8, 4) is 11.5 Å². The normalized spacial score (nSPS) is 22.5. The Kier molecular flexibility index (Phi) is 8.13. The van der Waals surface area contributed by atoms with Crippen molar-refractivity contribution >= 4 is 11.8 Å². The third-order valence-electron chi connectivity index (χ3n) is 7.57. The number of amides is 2. The summed E-state index contributed by atoms with van der Waals surface area (Å²) in [5.74, 6) is 1.80. The summed E-state index contributed by atoms with van der Waals surface area (Å²) in [6.07, 6.45) is 5.15. The largest absolute Gasteiger partial charge is 0.490 e. The highest BCUT2D eigenvalue weighted by atomic mass is 16.5. The van der Waals surface area contributed by atoms with E-state index in [4.69, 9.17) is 9.47 Å². The van der Waals surface area contributed by atoms with Gasteiger partial charge in [-0.05, 0) is 88.1 Å². The monoisotopic (exact) mass is 520 g/mol. The summed E-state index contributed by atoms with van der Waals surface area (Å²) in [7, 11) is 3.67. The van der Waals surface area contributed by atoms with Crippen LogP contribution in [-0.4, -0.2) is 72.3 Å². The lowest BCUT2D eigenvalue weighted by molar-refractivity contribution is -0.130. The number of ether oxygens (including phenoxy) is 2. The van der Waals surface area contributed by atoms with Crippen LogP contribution in [0, 0.1) is 0 Å². The number of likely N-dealkylation sites (N-methyl/N-ethyl adjacent to an activating group) is 2. The fourth-order valence-corrected chi connectivity index (χ4v) is 4.80. The van der Waals surface area contributed by atoms with Crippen molar-refractivity contribution in [3.05, 3.63) is 71.8 Å². The zero-order chi connectivity index (χ0) is 27.5. The molecule has 8 heteroatoms. The van der Waals surface area contributed by atoms with Gasteiger partial charge in [0.05, 0.1) is 23.4 Å². The van der Waals surface area contributed by atoms with Crippen molar-refractivity contribution in [1.29, 1.82) is 0 Å². The van der Waals surface area contributed by atoms with Crippen molar-refractivity contribution in [1.82, 2.24) is 20.4 Å². The molecule has 2 aliphatic rings. The molecule has 204 valence electrons. The molecule has 0 radical (unpaired) electrons. The lowest BCUT2D eigenvalue weighted by Crippen LogP contribution is -2.45. The van der Waals surface area contributed by atoms with Gasteiger partial charge < -0.3 is 19.3 Å². The van der Waals surface area contributed by atoms with Crippen molar-refractivity contribution in [2.45, 2.75) is 63.9 Å². The molecule has 0 bridgehead atoms. The van der Waals surface area contributed by atoms with E-state index in [0.29, 0.717) is 26.1 Å². The SMILES string of the molecule is CN1C(=O)[C@H](Cc2ccc(OC/C=C/COc3ccc(C[C@@H]4NC(C)(C)N(C)C4=O)cc3)cc2)NC1(C)C. The van der Waals surface area contributed by atoms with Crippen LogP contribution in [0.3, 0.4) is 0 Å². The number of hydrogen-bond acceptors (Lipinski definition) is 6. The number of nitrogens with zero attached hydrogens (tertiary/aromatic N) is 2. The molecule has 0 spiro atoms. The molecule has 2 saturated heterocycles. The molecule has 0 aliphatic carbocycles. The first-order valence-corrected chi connectivity index (χ1v) is 13.2. The van der Waals surface area contributed by atoms with Crippen LogP contribution in [0.15, 0.2) is 60.7 Å². The zero-order valence-corrected chi connectivity index (χ0v) is 23.3. The minimum Gasteiger partial charge on any atom is -0.490 e. The van der Waals surface area contributed by atoms with Gasteiger partial charge in [-0.25, -0.2) is 0 Å². The van der Waals surface area contributed by atoms with E-state index in [9.17, 15) is 9.59 Å². The fourth-order valence-electron chi connectivity index (χ4n) is 4.80. The van der Waals surface area contributed by atoms with Gasteiger partial charge >= 0.3 is 0 Å². The fraction of sp³-hybridized carbons (Fsp3) is 0.467. The first kappa shape index (κ1) is 27.7. The van der Waals surface area contributed by atoms with Gasteiger partial charge in [0.1, 0.15) is 24.7 Å². The van der Waals surface area contributed by atoms with Crippen molar-refractivity contribution in [2.24, 2.45) is 0 Å². The number of nitrogens with one attached hydrogen (secondary N) is 2. The van der Waals surface area contributed by atoms with Gasteiger partial charge in [0.15, 0.2) is 0 Å². The third kappa shape index (κ3) is 6.37. The topological polar surface area (TPSA) is 83.1 Å². The molecular weight excluding hydrogens is 480 g/mol. The summed E-state index contributed by atoms with van der Waals surface area (Å²) in [4.78, 5) is 28.4. The molecule has 2 amide bonds. The van der Waals surface area contributed by atoms with Crippen LogP contribution in [0.1, 0.15) is 38.8 Å². The Morgan fingerprint density at radius 3 is 1.32 bits per heavy atom. The molecule has 2 fully saturated rings. The highest BCUT2D eigenvalue weighted by Crippen LogP contribution is 2.23. The molecule has 8 nitrogen and oxygen atoms in total. The quantitative estimate of drug-likeness (QED) is 0.469. The van der Waals surface area contributed by atoms with E-state index in [1.807, 2.05) is 102 Å². The Morgan fingerprint density at radius 2 is 1.03 bits per heavy atom. The van der Waals surface area contributed by atoms with Crippen LogP contribution < -0.4 is 20.1 Å². The molecule has 0 saturated carbocycles. The van der Waals surface area contributed by atoms with Crippen LogP contribution in [-0.2, 0) is 22.4 Å². The predicted molar refractivity (Wildman–Crippen MR) is 148 cm³/mol. The second kappa shape index (κ2) is 11.2. The van der Waals surface area contributed by atoms with Crippen LogP contribution >= 0.6 is 0 Å². The molecule has 2 atom stereocenters.